The third kappa shape index (κ3) is 6.89. The molecule has 0 saturated carbocycles. The van der Waals surface area contributed by atoms with Gasteiger partial charge in [0.1, 0.15) is 0 Å². The van der Waals surface area contributed by atoms with Crippen LogP contribution in [0.25, 0.3) is 36.5 Å². The lowest BCUT2D eigenvalue weighted by Gasteiger charge is -2.30. The average Bonchev–Trinajstić information content (AvgIpc) is 3.08. The summed E-state index contributed by atoms with van der Waals surface area (Å²) in [5, 5.41) is 0. The van der Waals surface area contributed by atoms with E-state index in [-0.39, 0.29) is 0 Å². The summed E-state index contributed by atoms with van der Waals surface area (Å²) in [7, 11) is 0. The number of hydrogen-bond acceptors (Lipinski definition) is 4. The van der Waals surface area contributed by atoms with E-state index in [1.165, 1.54) is 0 Å². The molecule has 0 aliphatic carbocycles. The van der Waals surface area contributed by atoms with Crippen molar-refractivity contribution in [3.8, 4) is 0 Å². The molecule has 0 aliphatic rings. The topological polar surface area (TPSA) is 41.9 Å². The molecule has 0 bridgehead atoms. The number of nitrogens with zero attached hydrogens (tertiary/aromatic N) is 4. The molecule has 3 aromatic carbocycles. The van der Waals surface area contributed by atoms with Crippen molar-refractivity contribution in [2.24, 2.45) is 0 Å². The zero-order valence-electron chi connectivity index (χ0n) is 23.6. The fraction of sp³-hybridized carbons (Fsp3) is 0. The van der Waals surface area contributed by atoms with Crippen LogP contribution in [-0.4, -0.2) is 15.0 Å². The van der Waals surface area contributed by atoms with Crippen LogP contribution < -0.4 is 4.90 Å². The molecule has 0 fully saturated rings. The van der Waals surface area contributed by atoms with Crippen molar-refractivity contribution in [3.05, 3.63) is 180 Å². The van der Waals surface area contributed by atoms with Crippen LogP contribution in [0.3, 0.4) is 0 Å². The molecule has 0 aliphatic heterocycles. The first-order valence-corrected chi connectivity index (χ1v) is 14.2. The summed E-state index contributed by atoms with van der Waals surface area (Å²) in [6, 6.07) is 37.6. The van der Waals surface area contributed by atoms with E-state index in [0.717, 1.165) is 50.4 Å². The highest BCUT2D eigenvalue weighted by Crippen LogP contribution is 2.41. The summed E-state index contributed by atoms with van der Waals surface area (Å²) in [6.45, 7) is 0. The maximum atomic E-state index is 4.16. The average molecular weight is 555 g/mol. The Balaban J connectivity index is 1.51. The third-order valence-electron chi connectivity index (χ3n) is 7.02. The summed E-state index contributed by atoms with van der Waals surface area (Å²) in [5.41, 5.74) is 9.79. The summed E-state index contributed by atoms with van der Waals surface area (Å²) in [5.74, 6) is 0. The molecule has 0 spiro atoms. The van der Waals surface area contributed by atoms with Crippen molar-refractivity contribution in [1.82, 2.24) is 15.0 Å². The molecular formula is C39H30N4. The monoisotopic (exact) mass is 554 g/mol. The molecule has 4 heteroatoms. The number of anilines is 3. The first-order chi connectivity index (χ1) is 21.3. The van der Waals surface area contributed by atoms with Gasteiger partial charge in [-0.15, -0.1) is 0 Å². The predicted octanol–water partition coefficient (Wildman–Crippen LogP) is 9.85. The number of hydrogen-bond donors (Lipinski definition) is 0. The molecule has 6 rings (SSSR count). The summed E-state index contributed by atoms with van der Waals surface area (Å²) in [6.07, 6.45) is 23.8. The smallest absolute Gasteiger partial charge is 0.0534 e. The van der Waals surface area contributed by atoms with Gasteiger partial charge in [-0.25, -0.2) is 0 Å². The van der Waals surface area contributed by atoms with E-state index in [0.29, 0.717) is 0 Å². The number of aromatic nitrogens is 3. The van der Waals surface area contributed by atoms with Gasteiger partial charge in [0.2, 0.25) is 0 Å². The SMILES string of the molecule is C(=Cc1ccccc1N(c1ccccc1C=Cc1ccncc1)c1ccccc1C=Cc1ccncc1)c1ccncc1. The molecule has 0 unspecified atom stereocenters. The predicted molar refractivity (Wildman–Crippen MR) is 181 cm³/mol. The van der Waals surface area contributed by atoms with Gasteiger partial charge in [0, 0.05) is 37.2 Å². The van der Waals surface area contributed by atoms with Crippen LogP contribution in [0.2, 0.25) is 0 Å². The number of para-hydroxylation sites is 3. The second-order valence-corrected chi connectivity index (χ2v) is 9.85. The fourth-order valence-corrected chi connectivity index (χ4v) is 4.87. The van der Waals surface area contributed by atoms with E-state index >= 15 is 0 Å². The van der Waals surface area contributed by atoms with Crippen molar-refractivity contribution in [1.29, 1.82) is 0 Å². The van der Waals surface area contributed by atoms with Crippen LogP contribution in [0, 0.1) is 0 Å². The Bertz CT molecular complexity index is 1640. The Morgan fingerprint density at radius 1 is 0.326 bits per heavy atom. The highest BCUT2D eigenvalue weighted by Gasteiger charge is 2.19. The quantitative estimate of drug-likeness (QED) is 0.178. The van der Waals surface area contributed by atoms with Crippen molar-refractivity contribution in [3.63, 3.8) is 0 Å². The van der Waals surface area contributed by atoms with Crippen molar-refractivity contribution >= 4 is 53.5 Å². The van der Waals surface area contributed by atoms with Gasteiger partial charge in [0.05, 0.1) is 17.1 Å². The van der Waals surface area contributed by atoms with E-state index in [1.54, 1.807) is 0 Å². The minimum Gasteiger partial charge on any atom is -0.309 e. The van der Waals surface area contributed by atoms with Gasteiger partial charge in [-0.3, -0.25) is 15.0 Å². The molecule has 206 valence electrons. The van der Waals surface area contributed by atoms with Gasteiger partial charge in [0.15, 0.2) is 0 Å². The largest absolute Gasteiger partial charge is 0.309 e. The molecule has 43 heavy (non-hydrogen) atoms. The Kier molecular flexibility index (Phi) is 8.68. The fourth-order valence-electron chi connectivity index (χ4n) is 4.87. The van der Waals surface area contributed by atoms with Crippen LogP contribution in [-0.2, 0) is 0 Å². The first kappa shape index (κ1) is 27.3. The van der Waals surface area contributed by atoms with Crippen LogP contribution in [0.5, 0.6) is 0 Å². The minimum absolute atomic E-state index is 1.07. The zero-order valence-corrected chi connectivity index (χ0v) is 23.6. The van der Waals surface area contributed by atoms with Gasteiger partial charge in [-0.2, -0.15) is 0 Å². The van der Waals surface area contributed by atoms with Gasteiger partial charge in [-0.05, 0) is 88.0 Å². The lowest BCUT2D eigenvalue weighted by atomic mass is 10.0. The van der Waals surface area contributed by atoms with Gasteiger partial charge < -0.3 is 4.90 Å². The second-order valence-electron chi connectivity index (χ2n) is 9.85. The molecule has 6 aromatic rings. The van der Waals surface area contributed by atoms with Crippen molar-refractivity contribution in [2.75, 3.05) is 4.90 Å². The van der Waals surface area contributed by atoms with Gasteiger partial charge >= 0.3 is 0 Å². The lowest BCUT2D eigenvalue weighted by molar-refractivity contribution is 1.26. The molecule has 4 nitrogen and oxygen atoms in total. The third-order valence-corrected chi connectivity index (χ3v) is 7.02. The Morgan fingerprint density at radius 2 is 0.605 bits per heavy atom. The summed E-state index contributed by atoms with van der Waals surface area (Å²) in [4.78, 5) is 14.8. The normalized spacial score (nSPS) is 11.4. The maximum Gasteiger partial charge on any atom is 0.0534 e. The van der Waals surface area contributed by atoms with E-state index in [2.05, 4.69) is 129 Å². The van der Waals surface area contributed by atoms with Crippen molar-refractivity contribution < 1.29 is 0 Å². The Hall–Kier alpha value is -5.87. The first-order valence-electron chi connectivity index (χ1n) is 14.2. The molecule has 0 N–H and O–H groups in total. The molecule has 3 aromatic heterocycles. The van der Waals surface area contributed by atoms with E-state index in [9.17, 15) is 0 Å². The summed E-state index contributed by atoms with van der Waals surface area (Å²) >= 11 is 0. The number of pyridine rings is 3. The van der Waals surface area contributed by atoms with Crippen LogP contribution in [0.4, 0.5) is 17.1 Å². The molecule has 0 radical (unpaired) electrons. The van der Waals surface area contributed by atoms with Crippen LogP contribution in [0.15, 0.2) is 146 Å². The minimum atomic E-state index is 1.07. The Morgan fingerprint density at radius 3 is 0.907 bits per heavy atom. The number of benzene rings is 3. The number of rotatable bonds is 9. The van der Waals surface area contributed by atoms with Crippen molar-refractivity contribution in [2.45, 2.75) is 0 Å². The van der Waals surface area contributed by atoms with Gasteiger partial charge in [-0.1, -0.05) is 91.1 Å². The maximum absolute atomic E-state index is 4.16. The highest BCUT2D eigenvalue weighted by molar-refractivity contribution is 5.92. The van der Waals surface area contributed by atoms with Crippen LogP contribution >= 0.6 is 0 Å². The highest BCUT2D eigenvalue weighted by atomic mass is 15.1. The summed E-state index contributed by atoms with van der Waals surface area (Å²) < 4.78 is 0. The standard InChI is InChI=1S/C39H30N4/c1-4-10-37(34(7-1)16-13-31-19-25-40-26-20-31)43(38-11-5-2-8-35(38)17-14-32-21-27-41-28-22-32)39-12-6-3-9-36(39)18-15-33-23-29-42-30-24-33/h1-30H. The second kappa shape index (κ2) is 13.7. The van der Waals surface area contributed by atoms with E-state index < -0.39 is 0 Å². The van der Waals surface area contributed by atoms with E-state index in [1.807, 2.05) is 73.6 Å². The molecule has 0 saturated heterocycles. The molecule has 0 atom stereocenters. The van der Waals surface area contributed by atoms with Gasteiger partial charge in [0.25, 0.3) is 0 Å². The lowest BCUT2D eigenvalue weighted by Crippen LogP contribution is -2.13. The molecular weight excluding hydrogens is 524 g/mol. The molecule has 3 heterocycles. The van der Waals surface area contributed by atoms with Crippen LogP contribution in [0.1, 0.15) is 33.4 Å². The Labute approximate surface area is 252 Å². The molecule has 0 amide bonds. The zero-order chi connectivity index (χ0) is 29.1. The van der Waals surface area contributed by atoms with E-state index in [4.69, 9.17) is 0 Å².